The van der Waals surface area contributed by atoms with E-state index in [9.17, 15) is 26.0 Å². The number of halogens is 5. The van der Waals surface area contributed by atoms with E-state index >= 15 is 0 Å². The molecule has 0 fully saturated rings. The van der Waals surface area contributed by atoms with Crippen LogP contribution in [-0.2, 0) is 12.6 Å². The van der Waals surface area contributed by atoms with E-state index in [1.54, 1.807) is 18.2 Å². The highest BCUT2D eigenvalue weighted by Crippen LogP contribution is 2.22. The van der Waals surface area contributed by atoms with Crippen molar-refractivity contribution in [3.8, 4) is 0 Å². The van der Waals surface area contributed by atoms with Crippen molar-refractivity contribution >= 4 is 10.1 Å². The number of benzene rings is 2. The van der Waals surface area contributed by atoms with Gasteiger partial charge in [-0.2, -0.15) is 21.6 Å². The van der Waals surface area contributed by atoms with Gasteiger partial charge in [-0.25, -0.2) is 4.39 Å². The number of hydrogen-bond donors (Lipinski definition) is 0. The molecule has 1 radical (unpaired) electrons. The lowest BCUT2D eigenvalue weighted by atomic mass is 10.4. The zero-order chi connectivity index (χ0) is 16.4. The molecule has 0 heterocycles. The van der Waals surface area contributed by atoms with Gasteiger partial charge >= 0.3 is 35.9 Å². The molecule has 2 rings (SSSR count). The van der Waals surface area contributed by atoms with Crippen LogP contribution in [0.1, 0.15) is 0 Å². The maximum atomic E-state index is 13.0. The average molecular weight is 448 g/mol. The van der Waals surface area contributed by atoms with Crippen LogP contribution >= 0.6 is 0 Å². The van der Waals surface area contributed by atoms with Gasteiger partial charge in [-0.05, 0) is 38.9 Å². The van der Waals surface area contributed by atoms with Crippen molar-refractivity contribution in [1.82, 2.24) is 0 Å². The first-order chi connectivity index (χ1) is 10.2. The van der Waals surface area contributed by atoms with E-state index in [0.29, 0.717) is 3.57 Å². The Bertz CT molecular complexity index is 730. The molecule has 0 amide bonds. The highest BCUT2D eigenvalue weighted by Gasteiger charge is 2.54. The van der Waals surface area contributed by atoms with Crippen LogP contribution in [0.2, 0.25) is 0 Å². The summed E-state index contributed by atoms with van der Waals surface area (Å²) >= 11 is -3.38. The lowest BCUT2D eigenvalue weighted by Crippen LogP contribution is -3.85. The van der Waals surface area contributed by atoms with Crippen LogP contribution in [0.5, 0.6) is 0 Å². The second kappa shape index (κ2) is 6.50. The summed E-state index contributed by atoms with van der Waals surface area (Å²) < 4.78 is 78.3. The predicted molar refractivity (Wildman–Crippen MR) is 66.3 cm³/mol. The maximum Gasteiger partial charge on any atom is 0.526 e. The standard InChI is InChI=1S/C13H9F4IO3S/c14-10-6-8-12(9-7-10)18(11-4-2-1-3-5-11)21-22(19,20)13(15,16)17/h1-9H/q+1. The second-order valence-electron chi connectivity index (χ2n) is 3.94. The molecule has 9 heteroatoms. The summed E-state index contributed by atoms with van der Waals surface area (Å²) in [5.41, 5.74) is -5.50. The van der Waals surface area contributed by atoms with Crippen molar-refractivity contribution in [1.29, 1.82) is 0 Å². The molecule has 22 heavy (non-hydrogen) atoms. The van der Waals surface area contributed by atoms with Gasteiger partial charge in [0.2, 0.25) is 0 Å². The molecule has 3 nitrogen and oxygen atoms in total. The Morgan fingerprint density at radius 2 is 1.36 bits per heavy atom. The minimum absolute atomic E-state index is 0.240. The molecule has 119 valence electrons. The summed E-state index contributed by atoms with van der Waals surface area (Å²) in [6, 6.07) is 12.3. The van der Waals surface area contributed by atoms with E-state index in [-0.39, 0.29) is 3.57 Å². The Morgan fingerprint density at radius 3 is 1.86 bits per heavy atom. The van der Waals surface area contributed by atoms with Crippen LogP contribution in [0.15, 0.2) is 54.6 Å². The van der Waals surface area contributed by atoms with Crippen molar-refractivity contribution in [2.45, 2.75) is 5.51 Å². The SMILES string of the molecule is O=S(=O)(O[I+](c1ccccc1)c1ccc(F)cc1)C(F)(F)F. The zero-order valence-electron chi connectivity index (χ0n) is 10.7. The van der Waals surface area contributed by atoms with Crippen LogP contribution in [0, 0.1) is 13.0 Å². The van der Waals surface area contributed by atoms with Gasteiger partial charge in [-0.3, -0.25) is 0 Å². The predicted octanol–water partition coefficient (Wildman–Crippen LogP) is 0.271. The quantitative estimate of drug-likeness (QED) is 0.384. The molecule has 0 bridgehead atoms. The highest BCUT2D eigenvalue weighted by atomic mass is 127. The molecule has 0 atom stereocenters. The van der Waals surface area contributed by atoms with Crippen LogP contribution in [0.25, 0.3) is 0 Å². The molecule has 2 aromatic carbocycles. The van der Waals surface area contributed by atoms with Crippen molar-refractivity contribution < 1.29 is 48.7 Å². The average Bonchev–Trinajstić information content (AvgIpc) is 2.46. The van der Waals surface area contributed by atoms with Gasteiger partial charge < -0.3 is 0 Å². The first kappa shape index (κ1) is 17.2. The largest absolute Gasteiger partial charge is 0.526 e. The summed E-state index contributed by atoms with van der Waals surface area (Å²) in [5, 5.41) is 0. The second-order valence-corrected chi connectivity index (χ2v) is 10.4. The Labute approximate surface area is 132 Å². The van der Waals surface area contributed by atoms with E-state index < -0.39 is 41.7 Å². The summed E-state index contributed by atoms with van der Waals surface area (Å²) in [6.07, 6.45) is 0. The topological polar surface area (TPSA) is 43.4 Å². The molecule has 0 aromatic heterocycles. The van der Waals surface area contributed by atoms with Crippen molar-refractivity contribution in [3.63, 3.8) is 0 Å². The van der Waals surface area contributed by atoms with Gasteiger partial charge in [0.05, 0.1) is 0 Å². The van der Waals surface area contributed by atoms with Gasteiger partial charge in [-0.1, -0.05) is 18.2 Å². The monoisotopic (exact) mass is 448 g/mol. The third kappa shape index (κ3) is 3.96. The summed E-state index contributed by atoms with van der Waals surface area (Å²) in [7, 11) is -5.73. The van der Waals surface area contributed by atoms with Crippen molar-refractivity contribution in [2.24, 2.45) is 0 Å². The third-order valence-electron chi connectivity index (χ3n) is 2.36. The van der Waals surface area contributed by atoms with Crippen molar-refractivity contribution in [3.05, 3.63) is 67.6 Å². The summed E-state index contributed by atoms with van der Waals surface area (Å²) in [5.74, 6) is -0.577. The maximum absolute atomic E-state index is 13.0. The Morgan fingerprint density at radius 1 is 0.864 bits per heavy atom. The first-order valence-corrected chi connectivity index (χ1v) is 10.2. The molecule has 0 unspecified atom stereocenters. The van der Waals surface area contributed by atoms with Crippen LogP contribution in [-0.4, -0.2) is 13.9 Å². The van der Waals surface area contributed by atoms with Crippen LogP contribution in [0.4, 0.5) is 17.6 Å². The fourth-order valence-corrected chi connectivity index (χ4v) is 7.85. The van der Waals surface area contributed by atoms with Gasteiger partial charge in [0.15, 0.2) is 7.14 Å². The summed E-state index contributed by atoms with van der Waals surface area (Å²) in [4.78, 5) is 0. The minimum Gasteiger partial charge on any atom is -0.207 e. The lowest BCUT2D eigenvalue weighted by Gasteiger charge is -2.07. The molecule has 0 aliphatic heterocycles. The molecule has 0 saturated carbocycles. The highest BCUT2D eigenvalue weighted by molar-refractivity contribution is 7.87. The zero-order valence-corrected chi connectivity index (χ0v) is 13.7. The molecule has 0 N–H and O–H groups in total. The molecule has 0 aliphatic rings. The Kier molecular flexibility index (Phi) is 5.07. The normalized spacial score (nSPS) is 12.6. The minimum atomic E-state index is -5.73. The molecular formula is C13H9F4IO3S+. The third-order valence-corrected chi connectivity index (χ3v) is 9.42. The first-order valence-electron chi connectivity index (χ1n) is 5.72. The van der Waals surface area contributed by atoms with E-state index in [0.717, 1.165) is 12.1 Å². The molecule has 0 saturated heterocycles. The van der Waals surface area contributed by atoms with E-state index in [1.807, 2.05) is 0 Å². The molecule has 0 spiro atoms. The van der Waals surface area contributed by atoms with Gasteiger partial charge in [0.1, 0.15) is 5.82 Å². The number of alkyl halides is 3. The van der Waals surface area contributed by atoms with Crippen LogP contribution in [0.3, 0.4) is 0 Å². The van der Waals surface area contributed by atoms with Gasteiger partial charge in [0.25, 0.3) is 0 Å². The fraction of sp³-hybridized carbons (Fsp3) is 0.0769. The van der Waals surface area contributed by atoms with Gasteiger partial charge in [-0.15, -0.1) is 0 Å². The Balaban J connectivity index is 2.46. The lowest BCUT2D eigenvalue weighted by molar-refractivity contribution is -1.03. The number of hydrogen-bond acceptors (Lipinski definition) is 3. The molecule has 2 aromatic rings. The van der Waals surface area contributed by atoms with Crippen LogP contribution < -0.4 is 20.2 Å². The molecular weight excluding hydrogens is 439 g/mol. The molecule has 0 aliphatic carbocycles. The van der Waals surface area contributed by atoms with Crippen molar-refractivity contribution in [2.75, 3.05) is 0 Å². The van der Waals surface area contributed by atoms with Gasteiger partial charge in [0, 0.05) is 0 Å². The summed E-state index contributed by atoms with van der Waals surface area (Å²) in [6.45, 7) is 0. The van der Waals surface area contributed by atoms with E-state index in [2.05, 4.69) is 2.51 Å². The Hall–Kier alpha value is -1.20. The smallest absolute Gasteiger partial charge is 0.207 e. The van der Waals surface area contributed by atoms with E-state index in [1.165, 1.54) is 24.3 Å². The fourth-order valence-electron chi connectivity index (χ4n) is 1.39. The number of rotatable bonds is 4. The van der Waals surface area contributed by atoms with E-state index in [4.69, 9.17) is 0 Å².